The SMILES string of the molecule is CCOc1ccc(C(=O)Nc2ccnn2C(C)C)cc1OC. The first-order valence-corrected chi connectivity index (χ1v) is 7.22. The van der Waals surface area contributed by atoms with Gasteiger partial charge in [-0.2, -0.15) is 5.10 Å². The highest BCUT2D eigenvalue weighted by Gasteiger charge is 2.14. The van der Waals surface area contributed by atoms with Crippen LogP contribution < -0.4 is 14.8 Å². The van der Waals surface area contributed by atoms with Crippen LogP contribution in [0.4, 0.5) is 5.82 Å². The standard InChI is InChI=1S/C16H21N3O3/c1-5-22-13-7-6-12(10-14(13)21-4)16(20)18-15-8-9-17-19(15)11(2)3/h6-11H,5H2,1-4H3,(H,18,20). The van der Waals surface area contributed by atoms with Crippen LogP contribution in [-0.4, -0.2) is 29.4 Å². The van der Waals surface area contributed by atoms with Crippen LogP contribution in [0.3, 0.4) is 0 Å². The third-order valence-electron chi connectivity index (χ3n) is 3.13. The van der Waals surface area contributed by atoms with Crippen molar-refractivity contribution in [2.75, 3.05) is 19.0 Å². The summed E-state index contributed by atoms with van der Waals surface area (Å²) in [7, 11) is 1.55. The summed E-state index contributed by atoms with van der Waals surface area (Å²) < 4.78 is 12.5. The number of benzene rings is 1. The Hall–Kier alpha value is -2.50. The van der Waals surface area contributed by atoms with Gasteiger partial charge in [-0.1, -0.05) is 0 Å². The first-order valence-electron chi connectivity index (χ1n) is 7.22. The van der Waals surface area contributed by atoms with E-state index in [2.05, 4.69) is 10.4 Å². The molecule has 0 aliphatic rings. The molecule has 0 aliphatic carbocycles. The maximum Gasteiger partial charge on any atom is 0.256 e. The Morgan fingerprint density at radius 1 is 1.32 bits per heavy atom. The normalized spacial score (nSPS) is 10.6. The lowest BCUT2D eigenvalue weighted by Crippen LogP contribution is -2.16. The van der Waals surface area contributed by atoms with E-state index < -0.39 is 0 Å². The number of hydrogen-bond donors (Lipinski definition) is 1. The predicted octanol–water partition coefficient (Wildman–Crippen LogP) is 3.12. The van der Waals surface area contributed by atoms with E-state index in [9.17, 15) is 4.79 Å². The number of aromatic nitrogens is 2. The minimum Gasteiger partial charge on any atom is -0.493 e. The van der Waals surface area contributed by atoms with Crippen molar-refractivity contribution in [2.45, 2.75) is 26.8 Å². The molecule has 1 amide bonds. The van der Waals surface area contributed by atoms with Gasteiger partial charge >= 0.3 is 0 Å². The highest BCUT2D eigenvalue weighted by atomic mass is 16.5. The second-order valence-corrected chi connectivity index (χ2v) is 5.01. The highest BCUT2D eigenvalue weighted by molar-refractivity contribution is 6.04. The molecule has 6 heteroatoms. The van der Waals surface area contributed by atoms with Crippen molar-refractivity contribution in [1.82, 2.24) is 9.78 Å². The number of ether oxygens (including phenoxy) is 2. The zero-order valence-corrected chi connectivity index (χ0v) is 13.3. The quantitative estimate of drug-likeness (QED) is 0.890. The van der Waals surface area contributed by atoms with Gasteiger partial charge in [0.05, 0.1) is 19.9 Å². The molecule has 0 unspecified atom stereocenters. The van der Waals surface area contributed by atoms with Crippen molar-refractivity contribution in [2.24, 2.45) is 0 Å². The molecule has 118 valence electrons. The lowest BCUT2D eigenvalue weighted by atomic mass is 10.2. The Labute approximate surface area is 130 Å². The Balaban J connectivity index is 2.20. The first-order chi connectivity index (χ1) is 10.6. The summed E-state index contributed by atoms with van der Waals surface area (Å²) in [6.45, 7) is 6.44. The molecule has 0 spiro atoms. The molecular weight excluding hydrogens is 282 g/mol. The number of rotatable bonds is 6. The minimum absolute atomic E-state index is 0.167. The highest BCUT2D eigenvalue weighted by Crippen LogP contribution is 2.28. The van der Waals surface area contributed by atoms with Gasteiger partial charge in [0.25, 0.3) is 5.91 Å². The number of anilines is 1. The van der Waals surface area contributed by atoms with Gasteiger partial charge in [0.15, 0.2) is 11.5 Å². The molecule has 2 rings (SSSR count). The number of carbonyl (C=O) groups excluding carboxylic acids is 1. The van der Waals surface area contributed by atoms with Gasteiger partial charge in [0.1, 0.15) is 5.82 Å². The molecule has 0 radical (unpaired) electrons. The molecule has 0 saturated heterocycles. The Bertz CT molecular complexity index is 650. The zero-order valence-electron chi connectivity index (χ0n) is 13.3. The van der Waals surface area contributed by atoms with Crippen LogP contribution in [0.15, 0.2) is 30.5 Å². The topological polar surface area (TPSA) is 65.4 Å². The molecule has 6 nitrogen and oxygen atoms in total. The minimum atomic E-state index is -0.219. The maximum absolute atomic E-state index is 12.4. The fourth-order valence-corrected chi connectivity index (χ4v) is 2.10. The number of carbonyl (C=O) groups is 1. The number of nitrogens with one attached hydrogen (secondary N) is 1. The maximum atomic E-state index is 12.4. The average molecular weight is 303 g/mol. The second kappa shape index (κ2) is 6.98. The van der Waals surface area contributed by atoms with E-state index in [1.165, 1.54) is 0 Å². The zero-order chi connectivity index (χ0) is 16.1. The number of methoxy groups -OCH3 is 1. The second-order valence-electron chi connectivity index (χ2n) is 5.01. The van der Waals surface area contributed by atoms with Crippen molar-refractivity contribution in [3.63, 3.8) is 0 Å². The molecule has 1 heterocycles. The van der Waals surface area contributed by atoms with Crippen molar-refractivity contribution >= 4 is 11.7 Å². The summed E-state index contributed by atoms with van der Waals surface area (Å²) in [5, 5.41) is 7.05. The molecule has 1 aromatic carbocycles. The van der Waals surface area contributed by atoms with Crippen molar-refractivity contribution in [3.05, 3.63) is 36.0 Å². The Kier molecular flexibility index (Phi) is 5.04. The van der Waals surface area contributed by atoms with Crippen LogP contribution >= 0.6 is 0 Å². The van der Waals surface area contributed by atoms with E-state index >= 15 is 0 Å². The molecule has 0 atom stereocenters. The smallest absolute Gasteiger partial charge is 0.256 e. The van der Waals surface area contributed by atoms with Crippen molar-refractivity contribution in [1.29, 1.82) is 0 Å². The van der Waals surface area contributed by atoms with E-state index in [1.54, 1.807) is 42.3 Å². The largest absolute Gasteiger partial charge is 0.493 e. The summed E-state index contributed by atoms with van der Waals surface area (Å²) >= 11 is 0. The predicted molar refractivity (Wildman–Crippen MR) is 84.7 cm³/mol. The van der Waals surface area contributed by atoms with Gasteiger partial charge in [-0.3, -0.25) is 4.79 Å². The molecule has 1 aromatic heterocycles. The van der Waals surface area contributed by atoms with Crippen LogP contribution in [0.2, 0.25) is 0 Å². The number of amides is 1. The van der Waals surface area contributed by atoms with E-state index in [4.69, 9.17) is 9.47 Å². The van der Waals surface area contributed by atoms with E-state index in [0.29, 0.717) is 29.5 Å². The first kappa shape index (κ1) is 15.9. The Morgan fingerprint density at radius 2 is 2.09 bits per heavy atom. The van der Waals surface area contributed by atoms with E-state index in [1.807, 2.05) is 20.8 Å². The van der Waals surface area contributed by atoms with E-state index in [0.717, 1.165) is 0 Å². The van der Waals surface area contributed by atoms with Crippen LogP contribution in [-0.2, 0) is 0 Å². The summed E-state index contributed by atoms with van der Waals surface area (Å²) in [5.74, 6) is 1.59. The Morgan fingerprint density at radius 3 is 2.73 bits per heavy atom. The molecular formula is C16H21N3O3. The van der Waals surface area contributed by atoms with Crippen LogP contribution in [0, 0.1) is 0 Å². The van der Waals surface area contributed by atoms with Crippen LogP contribution in [0.5, 0.6) is 11.5 Å². The van der Waals surface area contributed by atoms with E-state index in [-0.39, 0.29) is 11.9 Å². The van der Waals surface area contributed by atoms with Crippen LogP contribution in [0.25, 0.3) is 0 Å². The molecule has 0 saturated carbocycles. The molecule has 1 N–H and O–H groups in total. The summed E-state index contributed by atoms with van der Waals surface area (Å²) in [5.41, 5.74) is 0.497. The molecule has 0 fully saturated rings. The van der Waals surface area contributed by atoms with Gasteiger partial charge in [0, 0.05) is 17.7 Å². The number of hydrogen-bond acceptors (Lipinski definition) is 4. The molecule has 0 bridgehead atoms. The van der Waals surface area contributed by atoms with Crippen molar-refractivity contribution in [3.8, 4) is 11.5 Å². The summed E-state index contributed by atoms with van der Waals surface area (Å²) in [4.78, 5) is 12.4. The summed E-state index contributed by atoms with van der Waals surface area (Å²) in [6, 6.07) is 7.04. The van der Waals surface area contributed by atoms with Gasteiger partial charge in [0.2, 0.25) is 0 Å². The summed E-state index contributed by atoms with van der Waals surface area (Å²) in [6.07, 6.45) is 1.66. The van der Waals surface area contributed by atoms with Gasteiger partial charge in [-0.05, 0) is 39.0 Å². The van der Waals surface area contributed by atoms with Gasteiger partial charge < -0.3 is 14.8 Å². The van der Waals surface area contributed by atoms with Gasteiger partial charge in [-0.15, -0.1) is 0 Å². The lowest BCUT2D eigenvalue weighted by Gasteiger charge is -2.13. The lowest BCUT2D eigenvalue weighted by molar-refractivity contribution is 0.102. The van der Waals surface area contributed by atoms with Crippen molar-refractivity contribution < 1.29 is 14.3 Å². The van der Waals surface area contributed by atoms with Gasteiger partial charge in [-0.25, -0.2) is 4.68 Å². The molecule has 2 aromatic rings. The monoisotopic (exact) mass is 303 g/mol. The average Bonchev–Trinajstić information content (AvgIpc) is 2.96. The number of nitrogens with zero attached hydrogens (tertiary/aromatic N) is 2. The molecule has 0 aliphatic heterocycles. The third kappa shape index (κ3) is 3.39. The fraction of sp³-hybridized carbons (Fsp3) is 0.375. The third-order valence-corrected chi connectivity index (χ3v) is 3.13. The molecule has 22 heavy (non-hydrogen) atoms. The van der Waals surface area contributed by atoms with Crippen LogP contribution in [0.1, 0.15) is 37.2 Å². The fourth-order valence-electron chi connectivity index (χ4n) is 2.10.